The molecule has 0 aliphatic carbocycles. The van der Waals surface area contributed by atoms with E-state index in [-0.39, 0.29) is 5.69 Å². The summed E-state index contributed by atoms with van der Waals surface area (Å²) in [6.45, 7) is 5.14. The van der Waals surface area contributed by atoms with E-state index in [9.17, 15) is 14.7 Å². The largest absolute Gasteiger partial charge is 0.479 e. The average molecular weight is 516 g/mol. The van der Waals surface area contributed by atoms with E-state index in [0.717, 1.165) is 16.7 Å². The number of rotatable bonds is 8. The third-order valence-corrected chi connectivity index (χ3v) is 6.42. The number of carbonyl (C=O) groups excluding carboxylic acids is 1. The zero-order valence-electron chi connectivity index (χ0n) is 20.8. The Balaban J connectivity index is 1.76. The Bertz CT molecular complexity index is 1240. The number of aliphatic carboxylic acids is 1. The molecule has 1 atom stereocenters. The highest BCUT2D eigenvalue weighted by Gasteiger charge is 2.37. The fraction of sp³-hybridized carbons (Fsp3) is 0.207. The number of carboxylic acids is 1. The number of carbonyl (C=O) groups is 2. The van der Waals surface area contributed by atoms with E-state index in [1.807, 2.05) is 91.0 Å². The molecule has 4 aromatic rings. The van der Waals surface area contributed by atoms with Crippen LogP contribution in [0.2, 0.25) is 0 Å². The average Bonchev–Trinajstić information content (AvgIpc) is 3.34. The molecule has 1 aromatic heterocycles. The molecule has 37 heavy (non-hydrogen) atoms. The highest BCUT2D eigenvalue weighted by atomic mass is 32.1. The van der Waals surface area contributed by atoms with Gasteiger partial charge in [-0.25, -0.2) is 14.6 Å². The molecule has 4 rings (SSSR count). The van der Waals surface area contributed by atoms with Crippen molar-refractivity contribution >= 4 is 28.5 Å². The Kier molecular flexibility index (Phi) is 7.59. The first-order valence-corrected chi connectivity index (χ1v) is 12.7. The Morgan fingerprint density at radius 3 is 1.70 bits per heavy atom. The minimum absolute atomic E-state index is 0.203. The first-order chi connectivity index (χ1) is 17.7. The van der Waals surface area contributed by atoms with Crippen LogP contribution in [0.15, 0.2) is 96.4 Å². The maximum atomic E-state index is 12.3. The number of benzene rings is 3. The molecule has 0 aliphatic rings. The van der Waals surface area contributed by atoms with Crippen LogP contribution in [0.1, 0.15) is 49.2 Å². The minimum atomic E-state index is -1.36. The van der Waals surface area contributed by atoms with Gasteiger partial charge in [0.15, 0.2) is 11.2 Å². The zero-order chi connectivity index (χ0) is 26.5. The zero-order valence-corrected chi connectivity index (χ0v) is 21.7. The van der Waals surface area contributed by atoms with Crippen molar-refractivity contribution in [2.45, 2.75) is 38.0 Å². The molecule has 1 heterocycles. The van der Waals surface area contributed by atoms with Crippen molar-refractivity contribution < 1.29 is 19.4 Å². The molecule has 0 saturated heterocycles. The quantitative estimate of drug-likeness (QED) is 0.242. The predicted molar refractivity (Wildman–Crippen MR) is 145 cm³/mol. The molecule has 0 fully saturated rings. The maximum absolute atomic E-state index is 12.3. The van der Waals surface area contributed by atoms with Gasteiger partial charge >= 0.3 is 12.1 Å². The Morgan fingerprint density at radius 2 is 1.30 bits per heavy atom. The van der Waals surface area contributed by atoms with Crippen molar-refractivity contribution in [1.29, 1.82) is 0 Å². The number of alkyl carbamates (subject to hydrolysis) is 1. The highest BCUT2D eigenvalue weighted by Crippen LogP contribution is 2.40. The van der Waals surface area contributed by atoms with Crippen LogP contribution in [0.5, 0.6) is 0 Å². The third-order valence-electron chi connectivity index (χ3n) is 5.64. The van der Waals surface area contributed by atoms with Crippen molar-refractivity contribution in [3.63, 3.8) is 0 Å². The second kappa shape index (κ2) is 10.8. The van der Waals surface area contributed by atoms with Gasteiger partial charge in [0.05, 0.1) is 5.69 Å². The number of thiazole rings is 1. The summed E-state index contributed by atoms with van der Waals surface area (Å²) in [6.07, 6.45) is -0.824. The molecule has 0 radical (unpaired) electrons. The lowest BCUT2D eigenvalue weighted by molar-refractivity contribution is -0.139. The first-order valence-electron chi connectivity index (χ1n) is 11.8. The third kappa shape index (κ3) is 5.98. The lowest BCUT2D eigenvalue weighted by Crippen LogP contribution is -2.39. The second-order valence-corrected chi connectivity index (χ2v) is 10.3. The molecule has 3 N–H and O–H groups in total. The first kappa shape index (κ1) is 25.9. The molecular weight excluding hydrogens is 486 g/mol. The van der Waals surface area contributed by atoms with E-state index in [1.165, 1.54) is 11.3 Å². The smallest absolute Gasteiger partial charge is 0.408 e. The second-order valence-electron chi connectivity index (χ2n) is 9.47. The van der Waals surface area contributed by atoms with Gasteiger partial charge in [-0.1, -0.05) is 91.0 Å². The van der Waals surface area contributed by atoms with Crippen LogP contribution in [0.3, 0.4) is 0 Å². The van der Waals surface area contributed by atoms with E-state index in [1.54, 1.807) is 26.2 Å². The number of carboxylic acid groups (broad SMARTS) is 1. The van der Waals surface area contributed by atoms with Crippen molar-refractivity contribution in [3.8, 4) is 0 Å². The Labute approximate surface area is 220 Å². The van der Waals surface area contributed by atoms with Gasteiger partial charge in [0.1, 0.15) is 11.1 Å². The fourth-order valence-electron chi connectivity index (χ4n) is 4.11. The van der Waals surface area contributed by atoms with Gasteiger partial charge in [0.2, 0.25) is 0 Å². The summed E-state index contributed by atoms with van der Waals surface area (Å²) in [4.78, 5) is 28.9. The van der Waals surface area contributed by atoms with E-state index < -0.39 is 29.2 Å². The molecule has 0 bridgehead atoms. The lowest BCUT2D eigenvalue weighted by atomic mass is 9.77. The van der Waals surface area contributed by atoms with Crippen LogP contribution < -0.4 is 10.6 Å². The predicted octanol–water partition coefficient (Wildman–Crippen LogP) is 6.20. The van der Waals surface area contributed by atoms with Gasteiger partial charge < -0.3 is 20.5 Å². The number of nitrogens with one attached hydrogen (secondary N) is 2. The summed E-state index contributed by atoms with van der Waals surface area (Å²) in [5, 5.41) is 18.0. The molecule has 1 unspecified atom stereocenters. The van der Waals surface area contributed by atoms with Gasteiger partial charge in [0.25, 0.3) is 0 Å². The molecule has 3 aromatic carbocycles. The van der Waals surface area contributed by atoms with E-state index >= 15 is 0 Å². The molecular formula is C29H29N3O4S. The van der Waals surface area contributed by atoms with E-state index in [0.29, 0.717) is 5.13 Å². The van der Waals surface area contributed by atoms with Crippen LogP contribution in [-0.2, 0) is 15.1 Å². The molecule has 1 amide bonds. The molecule has 7 nitrogen and oxygen atoms in total. The fourth-order valence-corrected chi connectivity index (χ4v) is 4.90. The van der Waals surface area contributed by atoms with Crippen LogP contribution in [-0.4, -0.2) is 27.8 Å². The molecule has 0 spiro atoms. The number of hydrogen-bond donors (Lipinski definition) is 3. The number of nitrogens with zero attached hydrogens (tertiary/aromatic N) is 1. The normalized spacial score (nSPS) is 12.4. The van der Waals surface area contributed by atoms with Crippen LogP contribution in [0.25, 0.3) is 0 Å². The van der Waals surface area contributed by atoms with Crippen molar-refractivity contribution in [2.24, 2.45) is 0 Å². The Morgan fingerprint density at radius 1 is 0.838 bits per heavy atom. The summed E-state index contributed by atoms with van der Waals surface area (Å²) in [5.41, 5.74) is 1.61. The summed E-state index contributed by atoms with van der Waals surface area (Å²) < 4.78 is 5.25. The summed E-state index contributed by atoms with van der Waals surface area (Å²) >= 11 is 1.27. The number of anilines is 1. The Hall–Kier alpha value is -4.17. The molecule has 190 valence electrons. The van der Waals surface area contributed by atoms with E-state index in [4.69, 9.17) is 4.74 Å². The molecule has 0 aliphatic heterocycles. The van der Waals surface area contributed by atoms with Crippen LogP contribution >= 0.6 is 11.3 Å². The van der Waals surface area contributed by atoms with E-state index in [2.05, 4.69) is 15.6 Å². The summed E-state index contributed by atoms with van der Waals surface area (Å²) in [7, 11) is 0. The standard InChI is InChI=1S/C29H29N3O4S/c1-28(2,3)36-27(35)31-24(25(33)34)23-19-37-26(30-23)32-29(20-13-7-4-8-14-20,21-15-9-5-10-16-21)22-17-11-6-12-18-22/h4-19,24H,1-3H3,(H,30,32)(H,31,35)(H,33,34). The van der Waals surface area contributed by atoms with Gasteiger partial charge in [-0.2, -0.15) is 0 Å². The van der Waals surface area contributed by atoms with Crippen molar-refractivity contribution in [1.82, 2.24) is 10.3 Å². The molecule has 8 heteroatoms. The number of amides is 1. The topological polar surface area (TPSA) is 101 Å². The van der Waals surface area contributed by atoms with Gasteiger partial charge in [-0.3, -0.25) is 0 Å². The molecule has 0 saturated carbocycles. The monoisotopic (exact) mass is 515 g/mol. The van der Waals surface area contributed by atoms with Gasteiger partial charge in [-0.05, 0) is 37.5 Å². The van der Waals surface area contributed by atoms with Crippen molar-refractivity contribution in [3.05, 3.63) is 119 Å². The number of hydrogen-bond acceptors (Lipinski definition) is 6. The van der Waals surface area contributed by atoms with Crippen molar-refractivity contribution in [2.75, 3.05) is 5.32 Å². The van der Waals surface area contributed by atoms with Gasteiger partial charge in [-0.15, -0.1) is 11.3 Å². The maximum Gasteiger partial charge on any atom is 0.408 e. The van der Waals surface area contributed by atoms with Gasteiger partial charge in [0, 0.05) is 5.38 Å². The SMILES string of the molecule is CC(C)(C)OC(=O)NC(C(=O)O)c1csc(NC(c2ccccc2)(c2ccccc2)c2ccccc2)n1. The minimum Gasteiger partial charge on any atom is -0.479 e. The highest BCUT2D eigenvalue weighted by molar-refractivity contribution is 7.13. The summed E-state index contributed by atoms with van der Waals surface area (Å²) in [5.74, 6) is -1.23. The number of aromatic nitrogens is 1. The number of ether oxygens (including phenoxy) is 1. The van der Waals surface area contributed by atoms with Crippen LogP contribution in [0, 0.1) is 0 Å². The van der Waals surface area contributed by atoms with Crippen LogP contribution in [0.4, 0.5) is 9.93 Å². The summed E-state index contributed by atoms with van der Waals surface area (Å²) in [6, 6.07) is 28.7. The lowest BCUT2D eigenvalue weighted by Gasteiger charge is -2.36.